The van der Waals surface area contributed by atoms with E-state index in [4.69, 9.17) is 23.2 Å². The van der Waals surface area contributed by atoms with E-state index < -0.39 is 10.0 Å². The molecule has 0 saturated heterocycles. The summed E-state index contributed by atoms with van der Waals surface area (Å²) in [6.45, 7) is 2.70. The molecule has 0 heterocycles. The Hall–Kier alpha value is -0.810. The first-order valence-corrected chi connectivity index (χ1v) is 16.6. The predicted molar refractivity (Wildman–Crippen MR) is 158 cm³/mol. The lowest BCUT2D eigenvalue weighted by molar-refractivity contribution is 0.524. The van der Waals surface area contributed by atoms with Crippen molar-refractivity contribution in [3.8, 4) is 0 Å². The lowest BCUT2D eigenvalue weighted by Crippen LogP contribution is -2.25. The predicted octanol–water partition coefficient (Wildman–Crippen LogP) is 10.5. The van der Waals surface area contributed by atoms with Crippen molar-refractivity contribution in [3.63, 3.8) is 0 Å². The number of unbranched alkanes of at least 4 members (excludes halogenated alkanes) is 17. The molecule has 0 aliphatic heterocycles. The zero-order chi connectivity index (χ0) is 26.1. The zero-order valence-electron chi connectivity index (χ0n) is 22.3. The van der Waals surface area contributed by atoms with E-state index in [1.54, 1.807) is 6.07 Å². The minimum absolute atomic E-state index is 0.0512. The van der Waals surface area contributed by atoms with Gasteiger partial charge in [0.2, 0.25) is 10.0 Å². The van der Waals surface area contributed by atoms with Gasteiger partial charge < -0.3 is 0 Å². The molecule has 0 bridgehead atoms. The van der Waals surface area contributed by atoms with E-state index in [1.807, 2.05) is 18.2 Å². The number of sulfonamides is 1. The highest BCUT2D eigenvalue weighted by Gasteiger charge is 2.20. The summed E-state index contributed by atoms with van der Waals surface area (Å²) in [6, 6.07) is 8.76. The summed E-state index contributed by atoms with van der Waals surface area (Å²) in [4.78, 5) is 0.0512. The minimum atomic E-state index is -3.69. The van der Waals surface area contributed by atoms with Crippen molar-refractivity contribution in [3.05, 3.63) is 40.4 Å². The molecule has 3 nitrogen and oxygen atoms in total. The fourth-order valence-corrected chi connectivity index (χ4v) is 6.83. The van der Waals surface area contributed by atoms with Crippen LogP contribution in [0.1, 0.15) is 122 Å². The van der Waals surface area contributed by atoms with Crippen molar-refractivity contribution in [1.82, 2.24) is 4.72 Å². The molecule has 0 aliphatic carbocycles. The molecule has 0 saturated carbocycles. The molecule has 2 aromatic rings. The van der Waals surface area contributed by atoms with Crippen LogP contribution in [0.4, 0.5) is 0 Å². The number of hydrogen-bond acceptors (Lipinski definition) is 2. The molecule has 0 radical (unpaired) electrons. The molecule has 2 rings (SSSR count). The average molecular weight is 557 g/mol. The van der Waals surface area contributed by atoms with Crippen molar-refractivity contribution in [2.24, 2.45) is 0 Å². The van der Waals surface area contributed by atoms with Crippen LogP contribution in [-0.2, 0) is 10.0 Å². The summed E-state index contributed by atoms with van der Waals surface area (Å²) in [7, 11) is -3.69. The molecular weight excluding hydrogens is 509 g/mol. The largest absolute Gasteiger partial charge is 0.242 e. The van der Waals surface area contributed by atoms with Crippen LogP contribution in [0, 0.1) is 0 Å². The Kier molecular flexibility index (Phi) is 16.1. The standard InChI is InChI=1S/C30H47Cl2NO2S/c1-2-3-4-5-6-7-8-9-10-11-12-13-14-15-16-17-18-21-24-33-36(34,35)29-25-28(31)26-22-19-20-23-27(26)30(29)32/h19-20,22-23,25,33H,2-18,21,24H2,1H3. The van der Waals surface area contributed by atoms with Crippen LogP contribution in [0.3, 0.4) is 0 Å². The summed E-state index contributed by atoms with van der Waals surface area (Å²) in [5.74, 6) is 0. The highest BCUT2D eigenvalue weighted by molar-refractivity contribution is 7.89. The van der Waals surface area contributed by atoms with E-state index in [-0.39, 0.29) is 9.92 Å². The van der Waals surface area contributed by atoms with Gasteiger partial charge in [0.25, 0.3) is 0 Å². The quantitative estimate of drug-likeness (QED) is 0.155. The van der Waals surface area contributed by atoms with Gasteiger partial charge in [0.1, 0.15) is 4.90 Å². The lowest BCUT2D eigenvalue weighted by atomic mass is 10.0. The van der Waals surface area contributed by atoms with Crippen molar-refractivity contribution >= 4 is 44.0 Å². The first-order chi connectivity index (χ1) is 17.5. The van der Waals surface area contributed by atoms with E-state index in [0.717, 1.165) is 24.6 Å². The van der Waals surface area contributed by atoms with Gasteiger partial charge in [0.15, 0.2) is 0 Å². The van der Waals surface area contributed by atoms with Gasteiger partial charge in [-0.2, -0.15) is 0 Å². The topological polar surface area (TPSA) is 46.2 Å². The molecule has 0 aromatic heterocycles. The Balaban J connectivity index is 1.46. The molecule has 0 aliphatic rings. The Morgan fingerprint density at radius 1 is 0.639 bits per heavy atom. The van der Waals surface area contributed by atoms with E-state index in [1.165, 1.54) is 102 Å². The van der Waals surface area contributed by atoms with Crippen LogP contribution in [0.25, 0.3) is 10.8 Å². The molecule has 0 fully saturated rings. The van der Waals surface area contributed by atoms with Crippen molar-refractivity contribution in [2.75, 3.05) is 6.54 Å². The van der Waals surface area contributed by atoms with Gasteiger partial charge in [-0.05, 0) is 12.5 Å². The third-order valence-electron chi connectivity index (χ3n) is 7.01. The molecule has 6 heteroatoms. The Morgan fingerprint density at radius 3 is 1.53 bits per heavy atom. The SMILES string of the molecule is CCCCCCCCCCCCCCCCCCCCNS(=O)(=O)c1cc(Cl)c2ccccc2c1Cl. The van der Waals surface area contributed by atoms with Crippen LogP contribution in [0.5, 0.6) is 0 Å². The maximum absolute atomic E-state index is 12.8. The van der Waals surface area contributed by atoms with Crippen LogP contribution in [0.2, 0.25) is 10.0 Å². The van der Waals surface area contributed by atoms with Gasteiger partial charge in [0, 0.05) is 22.3 Å². The van der Waals surface area contributed by atoms with Crippen LogP contribution in [-0.4, -0.2) is 15.0 Å². The van der Waals surface area contributed by atoms with Crippen LogP contribution < -0.4 is 4.72 Å². The number of benzene rings is 2. The number of fused-ring (bicyclic) bond motifs is 1. The van der Waals surface area contributed by atoms with Gasteiger partial charge in [0.05, 0.1) is 5.02 Å². The summed E-state index contributed by atoms with van der Waals surface area (Å²) >= 11 is 12.7. The highest BCUT2D eigenvalue weighted by atomic mass is 35.5. The van der Waals surface area contributed by atoms with Gasteiger partial charge in [-0.3, -0.25) is 0 Å². The molecule has 0 spiro atoms. The zero-order valence-corrected chi connectivity index (χ0v) is 24.6. The fraction of sp³-hybridized carbons (Fsp3) is 0.667. The van der Waals surface area contributed by atoms with Crippen molar-refractivity contribution in [1.29, 1.82) is 0 Å². The molecule has 0 amide bonds. The monoisotopic (exact) mass is 555 g/mol. The third-order valence-corrected chi connectivity index (χ3v) is 9.32. The first kappa shape index (κ1) is 31.4. The van der Waals surface area contributed by atoms with Gasteiger partial charge in [-0.25, -0.2) is 13.1 Å². The maximum atomic E-state index is 12.8. The summed E-state index contributed by atoms with van der Waals surface area (Å²) < 4.78 is 28.2. The highest BCUT2D eigenvalue weighted by Crippen LogP contribution is 2.35. The summed E-state index contributed by atoms with van der Waals surface area (Å²) in [5.41, 5.74) is 0. The molecule has 0 atom stereocenters. The van der Waals surface area contributed by atoms with Crippen molar-refractivity contribution < 1.29 is 8.42 Å². The second kappa shape index (κ2) is 18.4. The molecule has 1 N–H and O–H groups in total. The van der Waals surface area contributed by atoms with Crippen LogP contribution in [0.15, 0.2) is 35.2 Å². The van der Waals surface area contributed by atoms with Crippen molar-refractivity contribution in [2.45, 2.75) is 127 Å². The molecule has 2 aromatic carbocycles. The number of halogens is 2. The van der Waals surface area contributed by atoms with E-state index in [2.05, 4.69) is 11.6 Å². The number of hydrogen-bond donors (Lipinski definition) is 1. The van der Waals surface area contributed by atoms with Gasteiger partial charge >= 0.3 is 0 Å². The third kappa shape index (κ3) is 11.7. The Labute approximate surface area is 230 Å². The Morgan fingerprint density at radius 2 is 1.06 bits per heavy atom. The first-order valence-electron chi connectivity index (χ1n) is 14.3. The fourth-order valence-electron chi connectivity index (χ4n) is 4.78. The smallest absolute Gasteiger partial charge is 0.211 e. The van der Waals surface area contributed by atoms with E-state index >= 15 is 0 Å². The number of nitrogens with one attached hydrogen (secondary N) is 1. The summed E-state index contributed by atoms with van der Waals surface area (Å²) in [5, 5.41) is 2.02. The summed E-state index contributed by atoms with van der Waals surface area (Å²) in [6.07, 6.45) is 23.7. The molecule has 36 heavy (non-hydrogen) atoms. The molecular formula is C30H47Cl2NO2S. The van der Waals surface area contributed by atoms with E-state index in [0.29, 0.717) is 17.0 Å². The van der Waals surface area contributed by atoms with E-state index in [9.17, 15) is 8.42 Å². The van der Waals surface area contributed by atoms with Gasteiger partial charge in [-0.1, -0.05) is 164 Å². The maximum Gasteiger partial charge on any atom is 0.242 e. The Bertz CT molecular complexity index is 978. The minimum Gasteiger partial charge on any atom is -0.211 e. The van der Waals surface area contributed by atoms with Crippen LogP contribution >= 0.6 is 23.2 Å². The second-order valence-corrected chi connectivity index (χ2v) is 12.6. The lowest BCUT2D eigenvalue weighted by Gasteiger charge is -2.11. The van der Waals surface area contributed by atoms with Gasteiger partial charge in [-0.15, -0.1) is 0 Å². The molecule has 204 valence electrons. The average Bonchev–Trinajstić information content (AvgIpc) is 2.87. The molecule has 0 unspecified atom stereocenters. The second-order valence-electron chi connectivity index (χ2n) is 10.1. The normalized spacial score (nSPS) is 12.0. The number of rotatable bonds is 21.